The van der Waals surface area contributed by atoms with Crippen LogP contribution in [-0.2, 0) is 41.2 Å². The Kier molecular flexibility index (Phi) is 22.7. The Morgan fingerprint density at radius 3 is 2.11 bits per heavy atom. The molecule has 0 saturated heterocycles. The minimum absolute atomic E-state index is 0. The Balaban J connectivity index is 0.00000924. The number of amides is 3. The third-order valence-electron chi connectivity index (χ3n) is 6.20. The molecule has 16 heteroatoms. The number of carboxylic acids is 1. The summed E-state index contributed by atoms with van der Waals surface area (Å²) in [5.41, 5.74) is 1.52. The number of carboxylic acid groups (broad SMARTS) is 1. The fourth-order valence-electron chi connectivity index (χ4n) is 3.76. The molecule has 44 heavy (non-hydrogen) atoms. The minimum atomic E-state index is -4.56. The van der Waals surface area contributed by atoms with Crippen LogP contribution >= 0.6 is 7.75 Å². The molecule has 2 rings (SSSR count). The van der Waals surface area contributed by atoms with Crippen molar-refractivity contribution >= 4 is 31.4 Å². The summed E-state index contributed by atoms with van der Waals surface area (Å²) in [4.78, 5) is 61.2. The van der Waals surface area contributed by atoms with Crippen molar-refractivity contribution in [2.45, 2.75) is 52.2 Å². The third-order valence-corrected chi connectivity index (χ3v) is 7.39. The monoisotopic (exact) mass is 682 g/mol. The van der Waals surface area contributed by atoms with Crippen molar-refractivity contribution in [3.63, 3.8) is 0 Å². The van der Waals surface area contributed by atoms with Crippen molar-refractivity contribution in [3.8, 4) is 5.75 Å². The molecule has 0 fully saturated rings. The summed E-state index contributed by atoms with van der Waals surface area (Å²) >= 11 is 0. The van der Waals surface area contributed by atoms with E-state index in [9.17, 15) is 33.7 Å². The first-order chi connectivity index (χ1) is 19.9. The van der Waals surface area contributed by atoms with Gasteiger partial charge in [-0.1, -0.05) is 62.7 Å². The summed E-state index contributed by atoms with van der Waals surface area (Å²) < 4.78 is 22.4. The smallest absolute Gasteiger partial charge is 0.766 e. The van der Waals surface area contributed by atoms with E-state index in [1.165, 1.54) is 6.92 Å². The van der Waals surface area contributed by atoms with Gasteiger partial charge in [0.2, 0.25) is 19.6 Å². The van der Waals surface area contributed by atoms with E-state index in [1.54, 1.807) is 38.1 Å². The topological polar surface area (TPSA) is 198 Å². The molecule has 3 amide bonds. The maximum atomic E-state index is 13.2. The molecular formula is C28H37K2N4O9P. The van der Waals surface area contributed by atoms with Gasteiger partial charge in [0.05, 0.1) is 25.2 Å². The van der Waals surface area contributed by atoms with Crippen LogP contribution in [0.2, 0.25) is 0 Å². The van der Waals surface area contributed by atoms with Gasteiger partial charge in [-0.05, 0) is 36.1 Å². The van der Waals surface area contributed by atoms with Crippen LogP contribution in [0.5, 0.6) is 5.75 Å². The molecule has 0 saturated carbocycles. The van der Waals surface area contributed by atoms with Crippen molar-refractivity contribution in [3.05, 3.63) is 65.7 Å². The van der Waals surface area contributed by atoms with Gasteiger partial charge in [-0.2, -0.15) is 0 Å². The molecule has 2 aromatic rings. The minimum Gasteiger partial charge on any atom is -0.766 e. The van der Waals surface area contributed by atoms with E-state index in [1.807, 2.05) is 30.3 Å². The number of aliphatic carboxylic acids is 1. The van der Waals surface area contributed by atoms with Gasteiger partial charge in [-0.3, -0.25) is 18.9 Å². The number of rotatable bonds is 18. The van der Waals surface area contributed by atoms with E-state index >= 15 is 0 Å². The van der Waals surface area contributed by atoms with Gasteiger partial charge in [-0.25, -0.2) is 5.09 Å². The quantitative estimate of drug-likeness (QED) is 0.0867. The van der Waals surface area contributed by atoms with Crippen LogP contribution < -0.4 is 139 Å². The Hall–Kier alpha value is -0.497. The van der Waals surface area contributed by atoms with Crippen molar-refractivity contribution in [2.75, 3.05) is 19.8 Å². The van der Waals surface area contributed by atoms with E-state index in [4.69, 9.17) is 9.26 Å². The van der Waals surface area contributed by atoms with Gasteiger partial charge >= 0.3 is 103 Å². The van der Waals surface area contributed by atoms with Crippen LogP contribution in [0.1, 0.15) is 38.3 Å². The second-order valence-corrected chi connectivity index (χ2v) is 11.0. The number of ether oxygens (including phenoxy) is 1. The van der Waals surface area contributed by atoms with E-state index in [0.29, 0.717) is 24.3 Å². The third kappa shape index (κ3) is 16.9. The van der Waals surface area contributed by atoms with Gasteiger partial charge in [-0.15, -0.1) is 0 Å². The molecule has 4 atom stereocenters. The standard InChI is InChI=1S/C28H39N4O9P.2K/c1-4-19(3)26(32-42(38,39)41-5-2)28(37)31-23(27(36)30-17-25(34)35)15-20-11-13-22(14-12-20)40-18-24(33)29-16-21-9-7-6-8-10-21;;/h6-14,19,23,26H,4-5,15-18H2,1-3H3,(H,29,33)(H,30,36)(H,31,37)(H,34,35)(H2,32,38,39);;/q;2*+1/p-2/t19-,23?,26-;;/m0../s1. The normalized spacial score (nSPS) is 13.8. The van der Waals surface area contributed by atoms with Gasteiger partial charge in [0, 0.05) is 13.0 Å². The first-order valence-electron chi connectivity index (χ1n) is 13.5. The maximum Gasteiger partial charge on any atom is 1.00 e. The predicted molar refractivity (Wildman–Crippen MR) is 149 cm³/mol. The zero-order valence-electron chi connectivity index (χ0n) is 25.8. The molecule has 0 radical (unpaired) electrons. The van der Waals surface area contributed by atoms with Crippen LogP contribution in [0, 0.1) is 5.92 Å². The molecule has 13 nitrogen and oxygen atoms in total. The first kappa shape index (κ1) is 43.5. The Morgan fingerprint density at radius 1 is 0.909 bits per heavy atom. The van der Waals surface area contributed by atoms with E-state index < -0.39 is 50.1 Å². The summed E-state index contributed by atoms with van der Waals surface area (Å²) in [6.45, 7) is 4.15. The van der Waals surface area contributed by atoms with Crippen LogP contribution in [0.25, 0.3) is 0 Å². The molecular weight excluding hydrogens is 645 g/mol. The summed E-state index contributed by atoms with van der Waals surface area (Å²) in [6, 6.07) is 13.3. The van der Waals surface area contributed by atoms with Crippen LogP contribution in [-0.4, -0.2) is 55.5 Å². The maximum absolute atomic E-state index is 13.2. The molecule has 0 aliphatic carbocycles. The van der Waals surface area contributed by atoms with E-state index in [0.717, 1.165) is 5.56 Å². The molecule has 2 unspecified atom stereocenters. The summed E-state index contributed by atoms with van der Waals surface area (Å²) in [6.07, 6.45) is 0.376. The largest absolute Gasteiger partial charge is 1.00 e. The molecule has 0 spiro atoms. The fraction of sp³-hybridized carbons (Fsp3) is 0.429. The molecule has 0 aromatic heterocycles. The average molecular weight is 683 g/mol. The Morgan fingerprint density at radius 2 is 1.55 bits per heavy atom. The fourth-order valence-corrected chi connectivity index (χ4v) is 4.89. The molecule has 0 bridgehead atoms. The molecule has 4 N–H and O–H groups in total. The molecule has 2 aromatic carbocycles. The van der Waals surface area contributed by atoms with Crippen molar-refractivity contribution in [1.82, 2.24) is 21.0 Å². The second kappa shape index (κ2) is 22.9. The number of hydrogen-bond donors (Lipinski definition) is 4. The van der Waals surface area contributed by atoms with Crippen molar-refractivity contribution < 1.29 is 146 Å². The SMILES string of the molecule is CCOP(=O)([O-])N[C@H](C(=O)NC(Cc1ccc(OCC(=O)NCc2ccccc2)cc1)C(=O)NCC(=O)[O-])[C@@H](C)CC.[K+].[K+]. The second-order valence-electron chi connectivity index (χ2n) is 9.46. The van der Waals surface area contributed by atoms with E-state index in [-0.39, 0.29) is 128 Å². The average Bonchev–Trinajstić information content (AvgIpc) is 2.96. The van der Waals surface area contributed by atoms with Crippen LogP contribution in [0.15, 0.2) is 54.6 Å². The Bertz CT molecular complexity index is 1240. The van der Waals surface area contributed by atoms with Gasteiger partial charge in [0.15, 0.2) is 6.61 Å². The molecule has 230 valence electrons. The summed E-state index contributed by atoms with van der Waals surface area (Å²) in [7, 11) is -4.56. The number of nitrogens with one attached hydrogen (secondary N) is 4. The molecule has 0 aliphatic rings. The number of hydrogen-bond acceptors (Lipinski definition) is 9. The molecule has 0 aliphatic heterocycles. The number of benzene rings is 2. The van der Waals surface area contributed by atoms with Crippen LogP contribution in [0.3, 0.4) is 0 Å². The van der Waals surface area contributed by atoms with Crippen molar-refractivity contribution in [1.29, 1.82) is 0 Å². The molecule has 0 heterocycles. The zero-order valence-corrected chi connectivity index (χ0v) is 32.9. The van der Waals surface area contributed by atoms with Crippen LogP contribution in [0.4, 0.5) is 0 Å². The number of carbonyl (C=O) groups is 4. The Labute approximate surface area is 342 Å². The van der Waals surface area contributed by atoms with Gasteiger partial charge < -0.3 is 40.0 Å². The summed E-state index contributed by atoms with van der Waals surface area (Å²) in [5, 5.41) is 20.6. The summed E-state index contributed by atoms with van der Waals surface area (Å²) in [5.74, 6) is -3.49. The van der Waals surface area contributed by atoms with Gasteiger partial charge in [0.25, 0.3) is 5.91 Å². The zero-order chi connectivity index (χ0) is 31.1. The number of carbonyl (C=O) groups excluding carboxylic acids is 4. The van der Waals surface area contributed by atoms with Crippen molar-refractivity contribution in [2.24, 2.45) is 5.92 Å². The predicted octanol–water partition coefficient (Wildman–Crippen LogP) is -6.21. The van der Waals surface area contributed by atoms with Gasteiger partial charge in [0.1, 0.15) is 11.8 Å². The first-order valence-corrected chi connectivity index (χ1v) is 15.0. The van der Waals surface area contributed by atoms with E-state index in [2.05, 4.69) is 21.0 Å².